The predicted molar refractivity (Wildman–Crippen MR) is 120 cm³/mol. The van der Waals surface area contributed by atoms with Crippen LogP contribution in [0.5, 0.6) is 0 Å². The van der Waals surface area contributed by atoms with Gasteiger partial charge in [-0.1, -0.05) is 42.5 Å². The van der Waals surface area contributed by atoms with E-state index < -0.39 is 37.1 Å². The van der Waals surface area contributed by atoms with Crippen molar-refractivity contribution in [2.75, 3.05) is 11.9 Å². The lowest BCUT2D eigenvalue weighted by Crippen LogP contribution is -2.55. The quantitative estimate of drug-likeness (QED) is 0.376. The fourth-order valence-corrected chi connectivity index (χ4v) is 3.95. The van der Waals surface area contributed by atoms with Gasteiger partial charge in [-0.3, -0.25) is 4.79 Å². The van der Waals surface area contributed by atoms with Crippen LogP contribution in [0.3, 0.4) is 0 Å². The Bertz CT molecular complexity index is 1100. The average molecular weight is 453 g/mol. The highest BCUT2D eigenvalue weighted by Gasteiger charge is 2.44. The molecular weight excluding hydrogens is 426 g/mol. The number of benzene rings is 2. The minimum Gasteiger partial charge on any atom is -0.394 e. The first-order valence-electron chi connectivity index (χ1n) is 10.7. The second-order valence-corrected chi connectivity index (χ2v) is 8.14. The first-order chi connectivity index (χ1) is 15.9. The van der Waals surface area contributed by atoms with Crippen LogP contribution in [-0.2, 0) is 11.3 Å². The van der Waals surface area contributed by atoms with Crippen molar-refractivity contribution in [3.05, 3.63) is 83.0 Å². The van der Waals surface area contributed by atoms with E-state index in [-0.39, 0.29) is 5.91 Å². The zero-order valence-electron chi connectivity index (χ0n) is 18.1. The maximum absolute atomic E-state index is 13.0. The van der Waals surface area contributed by atoms with Crippen LogP contribution in [0, 0.1) is 6.92 Å². The molecule has 5 atom stereocenters. The zero-order chi connectivity index (χ0) is 23.5. The molecule has 9 nitrogen and oxygen atoms in total. The molecule has 0 radical (unpaired) electrons. The Hall–Kier alpha value is -3.08. The number of aryl methyl sites for hydroxylation is 1. The molecule has 1 aromatic heterocycles. The number of anilines is 1. The van der Waals surface area contributed by atoms with Gasteiger partial charge in [0.2, 0.25) is 0 Å². The van der Waals surface area contributed by atoms with Gasteiger partial charge in [-0.15, -0.1) is 0 Å². The maximum atomic E-state index is 13.0. The highest BCUT2D eigenvalue weighted by Crippen LogP contribution is 2.32. The molecule has 33 heavy (non-hydrogen) atoms. The predicted octanol–water partition coefficient (Wildman–Crippen LogP) is 1.01. The van der Waals surface area contributed by atoms with E-state index in [2.05, 4.69) is 10.4 Å². The van der Waals surface area contributed by atoms with E-state index in [4.69, 9.17) is 4.74 Å². The van der Waals surface area contributed by atoms with Crippen LogP contribution in [0.1, 0.15) is 33.3 Å². The number of ether oxygens (including phenoxy) is 1. The topological polar surface area (TPSA) is 137 Å². The standard InChI is InChI=1S/C24H27N3O6/c1-14-10-19(27(26-14)12-15-6-3-2-4-7-15)25-24(32)17-9-5-8-16(11-17)23-22(31)21(30)20(29)18(13-28)33-23/h2-11,18,20-23,28-31H,12-13H2,1H3,(H,25,32). The lowest BCUT2D eigenvalue weighted by Gasteiger charge is -2.40. The number of amides is 1. The highest BCUT2D eigenvalue weighted by atomic mass is 16.5. The number of hydrogen-bond donors (Lipinski definition) is 5. The Balaban J connectivity index is 1.53. The zero-order valence-corrected chi connectivity index (χ0v) is 18.1. The summed E-state index contributed by atoms with van der Waals surface area (Å²) < 4.78 is 7.31. The Morgan fingerprint density at radius 1 is 1.03 bits per heavy atom. The van der Waals surface area contributed by atoms with Gasteiger partial charge < -0.3 is 30.5 Å². The summed E-state index contributed by atoms with van der Waals surface area (Å²) in [7, 11) is 0. The van der Waals surface area contributed by atoms with E-state index in [0.717, 1.165) is 11.3 Å². The molecule has 0 aliphatic carbocycles. The molecule has 4 rings (SSSR count). The molecule has 0 bridgehead atoms. The number of aromatic nitrogens is 2. The number of carbonyl (C=O) groups excluding carboxylic acids is 1. The summed E-state index contributed by atoms with van der Waals surface area (Å²) in [6.07, 6.45) is -6.40. The van der Waals surface area contributed by atoms with Crippen LogP contribution in [0.15, 0.2) is 60.7 Å². The molecule has 1 aliphatic heterocycles. The van der Waals surface area contributed by atoms with Crippen LogP contribution in [0.4, 0.5) is 5.82 Å². The van der Waals surface area contributed by atoms with Crippen molar-refractivity contribution < 1.29 is 30.0 Å². The molecule has 1 aliphatic rings. The summed E-state index contributed by atoms with van der Waals surface area (Å²) in [6.45, 7) is 1.82. The highest BCUT2D eigenvalue weighted by molar-refractivity contribution is 6.04. The van der Waals surface area contributed by atoms with Crippen molar-refractivity contribution in [3.63, 3.8) is 0 Å². The number of carbonyl (C=O) groups is 1. The van der Waals surface area contributed by atoms with E-state index in [9.17, 15) is 25.2 Å². The van der Waals surface area contributed by atoms with Crippen molar-refractivity contribution in [2.45, 2.75) is 44.0 Å². The van der Waals surface area contributed by atoms with Crippen molar-refractivity contribution in [3.8, 4) is 0 Å². The fraction of sp³-hybridized carbons (Fsp3) is 0.333. The van der Waals surface area contributed by atoms with E-state index in [1.807, 2.05) is 37.3 Å². The first-order valence-corrected chi connectivity index (χ1v) is 10.7. The fourth-order valence-electron chi connectivity index (χ4n) is 3.95. The van der Waals surface area contributed by atoms with Gasteiger partial charge in [0.15, 0.2) is 0 Å². The van der Waals surface area contributed by atoms with Gasteiger partial charge in [-0.25, -0.2) is 4.68 Å². The molecule has 0 spiro atoms. The molecule has 1 fully saturated rings. The largest absolute Gasteiger partial charge is 0.394 e. The Labute approximate surface area is 190 Å². The van der Waals surface area contributed by atoms with Crippen LogP contribution in [0.2, 0.25) is 0 Å². The summed E-state index contributed by atoms with van der Waals surface area (Å²) in [5.41, 5.74) is 2.56. The van der Waals surface area contributed by atoms with Crippen LogP contribution in [0.25, 0.3) is 0 Å². The van der Waals surface area contributed by atoms with E-state index in [1.54, 1.807) is 35.0 Å². The monoisotopic (exact) mass is 453 g/mol. The first kappa shape index (κ1) is 23.1. The Morgan fingerprint density at radius 3 is 2.52 bits per heavy atom. The molecule has 2 aromatic carbocycles. The van der Waals surface area contributed by atoms with Gasteiger partial charge >= 0.3 is 0 Å². The smallest absolute Gasteiger partial charge is 0.256 e. The van der Waals surface area contributed by atoms with Gasteiger partial charge in [0.1, 0.15) is 36.3 Å². The van der Waals surface area contributed by atoms with Crippen molar-refractivity contribution >= 4 is 11.7 Å². The molecule has 5 N–H and O–H groups in total. The third-order valence-electron chi connectivity index (χ3n) is 5.69. The molecule has 1 saturated heterocycles. The third-order valence-corrected chi connectivity index (χ3v) is 5.69. The van der Waals surface area contributed by atoms with Crippen molar-refractivity contribution in [1.29, 1.82) is 0 Å². The molecule has 0 saturated carbocycles. The molecular formula is C24H27N3O6. The minimum atomic E-state index is -1.49. The number of nitrogens with one attached hydrogen (secondary N) is 1. The summed E-state index contributed by atoms with van der Waals surface area (Å²) in [4.78, 5) is 13.0. The van der Waals surface area contributed by atoms with Gasteiger partial charge in [-0.05, 0) is 30.2 Å². The molecule has 9 heteroatoms. The number of aliphatic hydroxyl groups excluding tert-OH is 4. The van der Waals surface area contributed by atoms with Crippen LogP contribution < -0.4 is 5.32 Å². The van der Waals surface area contributed by atoms with Gasteiger partial charge in [0.25, 0.3) is 5.91 Å². The van der Waals surface area contributed by atoms with Crippen molar-refractivity contribution in [1.82, 2.24) is 9.78 Å². The molecule has 174 valence electrons. The Morgan fingerprint density at radius 2 is 1.79 bits per heavy atom. The SMILES string of the molecule is Cc1cc(NC(=O)c2cccc(C3OC(CO)C(O)C(O)C3O)c2)n(Cc2ccccc2)n1. The van der Waals surface area contributed by atoms with E-state index >= 15 is 0 Å². The third kappa shape index (κ3) is 4.97. The van der Waals surface area contributed by atoms with Gasteiger partial charge in [-0.2, -0.15) is 5.10 Å². The lowest BCUT2D eigenvalue weighted by atomic mass is 9.90. The number of nitrogens with zero attached hydrogens (tertiary/aromatic N) is 2. The van der Waals surface area contributed by atoms with Crippen LogP contribution >= 0.6 is 0 Å². The molecule has 5 unspecified atom stereocenters. The number of rotatable bonds is 6. The molecule has 3 aromatic rings. The van der Waals surface area contributed by atoms with E-state index in [1.165, 1.54) is 0 Å². The van der Waals surface area contributed by atoms with Gasteiger partial charge in [0, 0.05) is 11.6 Å². The normalized spacial score (nSPS) is 25.1. The number of hydrogen-bond acceptors (Lipinski definition) is 7. The van der Waals surface area contributed by atoms with E-state index in [0.29, 0.717) is 23.5 Å². The van der Waals surface area contributed by atoms with Gasteiger partial charge in [0.05, 0.1) is 18.8 Å². The summed E-state index contributed by atoms with van der Waals surface area (Å²) in [6, 6.07) is 18.0. The second kappa shape index (κ2) is 9.82. The molecule has 2 heterocycles. The lowest BCUT2D eigenvalue weighted by molar-refractivity contribution is -0.231. The Kier molecular flexibility index (Phi) is 6.87. The van der Waals surface area contributed by atoms with Crippen molar-refractivity contribution in [2.24, 2.45) is 0 Å². The number of aliphatic hydroxyl groups is 4. The second-order valence-electron chi connectivity index (χ2n) is 8.14. The maximum Gasteiger partial charge on any atom is 0.256 e. The summed E-state index contributed by atoms with van der Waals surface area (Å²) in [5.74, 6) is 0.162. The average Bonchev–Trinajstić information content (AvgIpc) is 3.16. The summed E-state index contributed by atoms with van der Waals surface area (Å²) >= 11 is 0. The summed E-state index contributed by atoms with van der Waals surface area (Å²) in [5, 5.41) is 47.2. The minimum absolute atomic E-state index is 0.314. The molecule has 1 amide bonds. The van der Waals surface area contributed by atoms with Crippen LogP contribution in [-0.4, -0.2) is 67.1 Å².